The number of benzene rings is 2. The summed E-state index contributed by atoms with van der Waals surface area (Å²) in [6, 6.07) is 13.3. The van der Waals surface area contributed by atoms with E-state index < -0.39 is 6.36 Å². The molecule has 4 aromatic rings. The van der Waals surface area contributed by atoms with Crippen LogP contribution in [0.25, 0.3) is 12.2 Å². The number of hydrogen-bond acceptors (Lipinski definition) is 6. The summed E-state index contributed by atoms with van der Waals surface area (Å²) in [5.74, 6) is 0.776. The first-order valence-corrected chi connectivity index (χ1v) is 11.5. The van der Waals surface area contributed by atoms with Gasteiger partial charge < -0.3 is 18.6 Å². The molecule has 0 radical (unpaired) electrons. The molecule has 2 heterocycles. The van der Waals surface area contributed by atoms with Crippen LogP contribution in [-0.2, 0) is 31.4 Å². The molecule has 2 aromatic carbocycles. The molecule has 4 rings (SSSR count). The summed E-state index contributed by atoms with van der Waals surface area (Å²) in [6.07, 6.45) is 2.65. The van der Waals surface area contributed by atoms with Crippen LogP contribution in [0.3, 0.4) is 0 Å². The Kier molecular flexibility index (Phi) is 8.29. The summed E-state index contributed by atoms with van der Waals surface area (Å²) in [7, 11) is 1.91. The third-order valence-electron chi connectivity index (χ3n) is 5.48. The summed E-state index contributed by atoms with van der Waals surface area (Å²) >= 11 is 0. The van der Waals surface area contributed by atoms with Gasteiger partial charge in [-0.1, -0.05) is 18.2 Å². The Hall–Kier alpha value is -4.05. The van der Waals surface area contributed by atoms with E-state index in [2.05, 4.69) is 14.8 Å². The van der Waals surface area contributed by atoms with Crippen LogP contribution in [0.1, 0.15) is 34.0 Å². The molecule has 0 spiro atoms. The van der Waals surface area contributed by atoms with Crippen molar-refractivity contribution in [2.45, 2.75) is 32.9 Å². The number of alkyl halides is 3. The zero-order valence-corrected chi connectivity index (χ0v) is 20.4. The first kappa shape index (κ1) is 26.0. The molecular formula is C27H26F3N3O4. The Bertz CT molecular complexity index is 1330. The first-order chi connectivity index (χ1) is 17.7. The van der Waals surface area contributed by atoms with Crippen molar-refractivity contribution < 1.29 is 31.8 Å². The van der Waals surface area contributed by atoms with E-state index in [9.17, 15) is 13.2 Å². The van der Waals surface area contributed by atoms with Gasteiger partial charge in [-0.15, -0.1) is 13.2 Å². The van der Waals surface area contributed by atoms with E-state index in [-0.39, 0.29) is 12.4 Å². The van der Waals surface area contributed by atoms with Gasteiger partial charge in [0.2, 0.25) is 5.89 Å². The maximum absolute atomic E-state index is 12.3. The average molecular weight is 514 g/mol. The molecule has 0 unspecified atom stereocenters. The lowest BCUT2D eigenvalue weighted by Crippen LogP contribution is -2.16. The smallest absolute Gasteiger partial charge is 0.487 e. The fraction of sp³-hybridized carbons (Fsp3) is 0.259. The van der Waals surface area contributed by atoms with Crippen molar-refractivity contribution in [2.24, 2.45) is 7.05 Å². The van der Waals surface area contributed by atoms with E-state index in [1.165, 1.54) is 30.5 Å². The quantitative estimate of drug-likeness (QED) is 0.225. The van der Waals surface area contributed by atoms with Crippen molar-refractivity contribution in [3.8, 4) is 11.5 Å². The van der Waals surface area contributed by atoms with Gasteiger partial charge in [0.15, 0.2) is 0 Å². The van der Waals surface area contributed by atoms with Crippen molar-refractivity contribution in [2.75, 3.05) is 6.61 Å². The highest BCUT2D eigenvalue weighted by atomic mass is 19.4. The summed E-state index contributed by atoms with van der Waals surface area (Å²) in [4.78, 5) is 4.35. The van der Waals surface area contributed by atoms with Crippen molar-refractivity contribution >= 4 is 12.2 Å². The minimum Gasteiger partial charge on any atom is -0.487 e. The molecule has 0 fully saturated rings. The Morgan fingerprint density at radius 3 is 2.49 bits per heavy atom. The number of aromatic nitrogens is 3. The van der Waals surface area contributed by atoms with Gasteiger partial charge in [0.25, 0.3) is 0 Å². The van der Waals surface area contributed by atoms with E-state index in [0.717, 1.165) is 23.2 Å². The Morgan fingerprint density at radius 1 is 1.00 bits per heavy atom. The lowest BCUT2D eigenvalue weighted by molar-refractivity contribution is -0.274. The second-order valence-corrected chi connectivity index (χ2v) is 8.25. The number of aryl methyl sites for hydroxylation is 2. The molecule has 10 heteroatoms. The minimum atomic E-state index is -4.72. The third kappa shape index (κ3) is 7.97. The zero-order chi connectivity index (χ0) is 26.3. The second-order valence-electron chi connectivity index (χ2n) is 8.25. The Labute approximate surface area is 212 Å². The largest absolute Gasteiger partial charge is 0.573 e. The molecule has 0 saturated carbocycles. The van der Waals surface area contributed by atoms with E-state index in [0.29, 0.717) is 36.1 Å². The highest BCUT2D eigenvalue weighted by Gasteiger charge is 2.30. The molecule has 0 atom stereocenters. The minimum absolute atomic E-state index is 0.223. The Morgan fingerprint density at radius 2 is 1.78 bits per heavy atom. The van der Waals surface area contributed by atoms with E-state index in [4.69, 9.17) is 13.9 Å². The van der Waals surface area contributed by atoms with Crippen LogP contribution in [0.4, 0.5) is 13.2 Å². The van der Waals surface area contributed by atoms with Gasteiger partial charge in [-0.2, -0.15) is 5.10 Å². The second kappa shape index (κ2) is 11.8. The number of rotatable bonds is 11. The van der Waals surface area contributed by atoms with Gasteiger partial charge in [-0.25, -0.2) is 4.98 Å². The maximum Gasteiger partial charge on any atom is 0.573 e. The standard InChI is InChI=1S/C27H26F3N3O4/c1-19-15-25(9-6-21(19)16-34-14-12-23-11-13-31-33(23)2)35-17-22-18-36-26(32-22)10-5-20-3-7-24(8-4-20)37-27(28,29)30/h3-11,13,15,18H,12,14,16-17H2,1-2H3. The van der Waals surface area contributed by atoms with Gasteiger partial charge in [-0.05, 0) is 60.0 Å². The molecule has 0 aliphatic heterocycles. The number of oxazole rings is 1. The highest BCUT2D eigenvalue weighted by molar-refractivity contribution is 5.66. The molecule has 37 heavy (non-hydrogen) atoms. The summed E-state index contributed by atoms with van der Waals surface area (Å²) in [6.45, 7) is 3.35. The molecular weight excluding hydrogens is 487 g/mol. The van der Waals surface area contributed by atoms with Crippen LogP contribution in [0.15, 0.2) is 65.4 Å². The van der Waals surface area contributed by atoms with Crippen LogP contribution in [0.2, 0.25) is 0 Å². The molecule has 0 saturated heterocycles. The van der Waals surface area contributed by atoms with E-state index in [1.807, 2.05) is 42.9 Å². The lowest BCUT2D eigenvalue weighted by atomic mass is 10.1. The fourth-order valence-corrected chi connectivity index (χ4v) is 3.50. The monoisotopic (exact) mass is 513 g/mol. The van der Waals surface area contributed by atoms with Gasteiger partial charge in [0, 0.05) is 31.4 Å². The molecule has 0 N–H and O–H groups in total. The predicted octanol–water partition coefficient (Wildman–Crippen LogP) is 6.12. The first-order valence-electron chi connectivity index (χ1n) is 11.5. The fourth-order valence-electron chi connectivity index (χ4n) is 3.50. The summed E-state index contributed by atoms with van der Waals surface area (Å²) in [5, 5.41) is 4.15. The molecule has 0 amide bonds. The lowest BCUT2D eigenvalue weighted by Gasteiger charge is -2.10. The zero-order valence-electron chi connectivity index (χ0n) is 20.4. The van der Waals surface area contributed by atoms with E-state index >= 15 is 0 Å². The molecule has 0 aliphatic rings. The summed E-state index contributed by atoms with van der Waals surface area (Å²) in [5.41, 5.74) is 4.55. The average Bonchev–Trinajstić information content (AvgIpc) is 3.48. The topological polar surface area (TPSA) is 71.5 Å². The third-order valence-corrected chi connectivity index (χ3v) is 5.48. The number of hydrogen-bond donors (Lipinski definition) is 0. The van der Waals surface area contributed by atoms with Crippen molar-refractivity contribution in [3.05, 3.63) is 95.0 Å². The highest BCUT2D eigenvalue weighted by Crippen LogP contribution is 2.23. The maximum atomic E-state index is 12.3. The molecule has 7 nitrogen and oxygen atoms in total. The van der Waals surface area contributed by atoms with Crippen LogP contribution in [0.5, 0.6) is 11.5 Å². The normalized spacial score (nSPS) is 11.8. The van der Waals surface area contributed by atoms with Crippen LogP contribution in [0, 0.1) is 6.92 Å². The predicted molar refractivity (Wildman–Crippen MR) is 131 cm³/mol. The summed E-state index contributed by atoms with van der Waals surface area (Å²) < 4.78 is 59.6. The van der Waals surface area contributed by atoms with Gasteiger partial charge in [0.1, 0.15) is 30.1 Å². The molecule has 0 aliphatic carbocycles. The van der Waals surface area contributed by atoms with Crippen molar-refractivity contribution in [1.82, 2.24) is 14.8 Å². The number of halogens is 3. The van der Waals surface area contributed by atoms with E-state index in [1.54, 1.807) is 18.3 Å². The van der Waals surface area contributed by atoms with Crippen molar-refractivity contribution in [1.29, 1.82) is 0 Å². The van der Waals surface area contributed by atoms with Gasteiger partial charge in [0.05, 0.1) is 13.2 Å². The van der Waals surface area contributed by atoms with Crippen molar-refractivity contribution in [3.63, 3.8) is 0 Å². The molecule has 194 valence electrons. The Balaban J connectivity index is 1.23. The van der Waals surface area contributed by atoms with Gasteiger partial charge in [-0.3, -0.25) is 4.68 Å². The molecule has 2 aromatic heterocycles. The van der Waals surface area contributed by atoms with Crippen LogP contribution < -0.4 is 9.47 Å². The van der Waals surface area contributed by atoms with Gasteiger partial charge >= 0.3 is 6.36 Å². The number of ether oxygens (including phenoxy) is 3. The SMILES string of the molecule is Cc1cc(OCc2coc(C=Cc3ccc(OC(F)(F)F)cc3)n2)ccc1COCCc1ccnn1C. The molecule has 0 bridgehead atoms. The van der Waals surface area contributed by atoms with Crippen LogP contribution in [-0.4, -0.2) is 27.7 Å². The van der Waals surface area contributed by atoms with Crippen LogP contribution >= 0.6 is 0 Å². The number of nitrogens with zero attached hydrogens (tertiary/aromatic N) is 3.